The van der Waals surface area contributed by atoms with Crippen LogP contribution in [0, 0.1) is 0 Å². The lowest BCUT2D eigenvalue weighted by Gasteiger charge is -2.21. The molecule has 0 N–H and O–H groups in total. The Kier molecular flexibility index (Phi) is 2.75. The van der Waals surface area contributed by atoms with E-state index >= 15 is 0 Å². The maximum absolute atomic E-state index is 12.1. The summed E-state index contributed by atoms with van der Waals surface area (Å²) in [7, 11) is 2.05. The quantitative estimate of drug-likeness (QED) is 0.664. The Hall–Kier alpha value is -1.52. The molecule has 0 spiro atoms. The molecule has 3 heterocycles. The van der Waals surface area contributed by atoms with E-state index in [4.69, 9.17) is 0 Å². The fourth-order valence-corrected chi connectivity index (χ4v) is 4.91. The highest BCUT2D eigenvalue weighted by Gasteiger charge is 2.32. The van der Waals surface area contributed by atoms with E-state index in [1.165, 1.54) is 33.1 Å². The number of rotatable bonds is 1. The highest BCUT2D eigenvalue weighted by Crippen LogP contribution is 2.47. The topological polar surface area (TPSA) is 22.0 Å². The Morgan fingerprint density at radius 1 is 1.20 bits per heavy atom. The van der Waals surface area contributed by atoms with Gasteiger partial charge in [-0.3, -0.25) is 4.79 Å². The third-order valence-corrected chi connectivity index (χ3v) is 5.97. The van der Waals surface area contributed by atoms with Crippen molar-refractivity contribution in [1.82, 2.24) is 4.57 Å². The van der Waals surface area contributed by atoms with Crippen molar-refractivity contribution in [2.75, 3.05) is 0 Å². The number of nitrogens with zero attached hydrogens (tertiary/aromatic N) is 1. The summed E-state index contributed by atoms with van der Waals surface area (Å²) in [6.07, 6.45) is 0.603. The van der Waals surface area contributed by atoms with E-state index in [2.05, 4.69) is 53.4 Å². The number of hydrogen-bond donors (Lipinski definition) is 0. The number of hydrogen-bond acceptors (Lipinski definition) is 3. The monoisotopic (exact) mass is 299 g/mol. The molecule has 0 aliphatic carbocycles. The molecule has 3 aromatic rings. The molecule has 0 fully saturated rings. The van der Waals surface area contributed by atoms with Gasteiger partial charge in [0.2, 0.25) is 0 Å². The maximum atomic E-state index is 12.1. The van der Waals surface area contributed by atoms with Crippen molar-refractivity contribution in [2.24, 2.45) is 7.05 Å². The minimum Gasteiger partial charge on any atom is -0.338 e. The van der Waals surface area contributed by atoms with Gasteiger partial charge in [-0.15, -0.1) is 11.3 Å². The van der Waals surface area contributed by atoms with Crippen molar-refractivity contribution in [1.29, 1.82) is 0 Å². The third-order valence-electron chi connectivity index (χ3n) is 3.91. The van der Waals surface area contributed by atoms with Gasteiger partial charge >= 0.3 is 0 Å². The van der Waals surface area contributed by atoms with Crippen molar-refractivity contribution in [3.8, 4) is 0 Å². The first-order chi connectivity index (χ1) is 9.75. The molecule has 20 heavy (non-hydrogen) atoms. The van der Waals surface area contributed by atoms with Crippen LogP contribution in [0.3, 0.4) is 0 Å². The zero-order valence-electron chi connectivity index (χ0n) is 11.0. The molecule has 1 atom stereocenters. The zero-order valence-corrected chi connectivity index (χ0v) is 12.6. The number of carbonyl (C=O) groups excluding carboxylic acids is 1. The summed E-state index contributed by atoms with van der Waals surface area (Å²) in [5.74, 6) is 0.213. The standard InChI is InChI=1S/C16H13NOS2/c1-17-12-6-3-2-5-10(12)15-11(13-7-4-8-19-13)9-14(18)20-16(15)17/h2-8,11H,9H2,1H3/t11-/m1/s1. The largest absolute Gasteiger partial charge is 0.338 e. The smallest absolute Gasteiger partial charge is 0.196 e. The minimum absolute atomic E-state index is 0.213. The average molecular weight is 299 g/mol. The van der Waals surface area contributed by atoms with E-state index in [1.54, 1.807) is 11.3 Å². The van der Waals surface area contributed by atoms with Crippen LogP contribution < -0.4 is 0 Å². The van der Waals surface area contributed by atoms with Gasteiger partial charge in [0.1, 0.15) is 0 Å². The number of aromatic nitrogens is 1. The molecule has 0 saturated heterocycles. The Morgan fingerprint density at radius 2 is 2.05 bits per heavy atom. The number of carbonyl (C=O) groups is 1. The molecule has 1 aromatic carbocycles. The number of thiophene rings is 1. The SMILES string of the molecule is Cn1c2c(c3ccccc31)[C@@H](c1cccs1)CC(=O)S2. The normalized spacial score (nSPS) is 18.4. The van der Waals surface area contributed by atoms with Gasteiger partial charge in [-0.1, -0.05) is 24.3 Å². The maximum Gasteiger partial charge on any atom is 0.196 e. The molecule has 0 unspecified atom stereocenters. The molecule has 0 saturated carbocycles. The van der Waals surface area contributed by atoms with E-state index in [9.17, 15) is 4.79 Å². The zero-order chi connectivity index (χ0) is 13.7. The molecule has 4 rings (SSSR count). The van der Waals surface area contributed by atoms with Crippen LogP contribution in [0.1, 0.15) is 22.8 Å². The van der Waals surface area contributed by atoms with E-state index < -0.39 is 0 Å². The number of thioether (sulfide) groups is 1. The Bertz CT molecular complexity index is 801. The molecule has 0 bridgehead atoms. The summed E-state index contributed by atoms with van der Waals surface area (Å²) in [4.78, 5) is 13.4. The highest BCUT2D eigenvalue weighted by atomic mass is 32.2. The van der Waals surface area contributed by atoms with Crippen LogP contribution in [-0.4, -0.2) is 9.68 Å². The van der Waals surface area contributed by atoms with Crippen LogP contribution in [0.4, 0.5) is 0 Å². The lowest BCUT2D eigenvalue weighted by molar-refractivity contribution is -0.111. The molecule has 4 heteroatoms. The van der Waals surface area contributed by atoms with Crippen molar-refractivity contribution in [2.45, 2.75) is 17.4 Å². The fourth-order valence-electron chi connectivity index (χ4n) is 3.01. The summed E-state index contributed by atoms with van der Waals surface area (Å²) in [5, 5.41) is 4.75. The second-order valence-electron chi connectivity index (χ2n) is 5.04. The molecule has 0 radical (unpaired) electrons. The number of benzene rings is 1. The third kappa shape index (κ3) is 1.68. The van der Waals surface area contributed by atoms with E-state index in [0.29, 0.717) is 6.42 Å². The molecule has 100 valence electrons. The second-order valence-corrected chi connectivity index (χ2v) is 7.07. The van der Waals surface area contributed by atoms with Crippen LogP contribution in [0.15, 0.2) is 46.8 Å². The number of para-hydroxylation sites is 1. The minimum atomic E-state index is 0.213. The van der Waals surface area contributed by atoms with Gasteiger partial charge in [0.15, 0.2) is 5.12 Å². The Labute approximate surface area is 125 Å². The molecule has 1 aliphatic rings. The van der Waals surface area contributed by atoms with Crippen LogP contribution in [0.5, 0.6) is 0 Å². The summed E-state index contributed by atoms with van der Waals surface area (Å²) in [5.41, 5.74) is 2.54. The molecular formula is C16H13NOS2. The van der Waals surface area contributed by atoms with E-state index in [1.807, 2.05) is 0 Å². The van der Waals surface area contributed by atoms with Gasteiger partial charge in [0.25, 0.3) is 0 Å². The molecule has 0 amide bonds. The summed E-state index contributed by atoms with van der Waals surface area (Å²) in [6.45, 7) is 0. The Morgan fingerprint density at radius 3 is 2.85 bits per heavy atom. The summed E-state index contributed by atoms with van der Waals surface area (Å²) in [6, 6.07) is 12.6. The predicted octanol–water partition coefficient (Wildman–Crippen LogP) is 4.39. The van der Waals surface area contributed by atoms with Gasteiger partial charge < -0.3 is 4.57 Å². The molecular weight excluding hydrogens is 286 g/mol. The fraction of sp³-hybridized carbons (Fsp3) is 0.188. The van der Waals surface area contributed by atoms with Crippen molar-refractivity contribution >= 4 is 39.1 Å². The summed E-state index contributed by atoms with van der Waals surface area (Å²) >= 11 is 3.14. The number of aryl methyl sites for hydroxylation is 1. The van der Waals surface area contributed by atoms with Crippen LogP contribution >= 0.6 is 23.1 Å². The van der Waals surface area contributed by atoms with Crippen molar-refractivity contribution in [3.63, 3.8) is 0 Å². The van der Waals surface area contributed by atoms with Gasteiger partial charge in [-0.05, 0) is 29.3 Å². The van der Waals surface area contributed by atoms with Crippen molar-refractivity contribution in [3.05, 3.63) is 52.2 Å². The van der Waals surface area contributed by atoms with Crippen LogP contribution in [0.25, 0.3) is 10.9 Å². The van der Waals surface area contributed by atoms with Crippen molar-refractivity contribution < 1.29 is 4.79 Å². The van der Waals surface area contributed by atoms with Crippen LogP contribution in [-0.2, 0) is 11.8 Å². The molecule has 2 aromatic heterocycles. The first kappa shape index (κ1) is 12.2. The lowest BCUT2D eigenvalue weighted by atomic mass is 9.94. The first-order valence-corrected chi connectivity index (χ1v) is 8.26. The Balaban J connectivity index is 2.04. The first-order valence-electron chi connectivity index (χ1n) is 6.57. The van der Waals surface area contributed by atoms with Gasteiger partial charge in [0.05, 0.1) is 5.03 Å². The summed E-state index contributed by atoms with van der Waals surface area (Å²) < 4.78 is 2.16. The van der Waals surface area contributed by atoms with Gasteiger partial charge in [-0.2, -0.15) is 0 Å². The van der Waals surface area contributed by atoms with Gasteiger partial charge in [-0.25, -0.2) is 0 Å². The van der Waals surface area contributed by atoms with Gasteiger partial charge in [0, 0.05) is 40.7 Å². The predicted molar refractivity (Wildman–Crippen MR) is 84.6 cm³/mol. The van der Waals surface area contributed by atoms with E-state index in [-0.39, 0.29) is 11.0 Å². The van der Waals surface area contributed by atoms with E-state index in [0.717, 1.165) is 5.03 Å². The second kappa shape index (κ2) is 4.50. The van der Waals surface area contributed by atoms with Crippen LogP contribution in [0.2, 0.25) is 0 Å². The average Bonchev–Trinajstić information content (AvgIpc) is 3.07. The number of fused-ring (bicyclic) bond motifs is 3. The lowest BCUT2D eigenvalue weighted by Crippen LogP contribution is -2.12. The molecule has 1 aliphatic heterocycles. The highest BCUT2D eigenvalue weighted by molar-refractivity contribution is 8.13. The molecule has 2 nitrogen and oxygen atoms in total.